The van der Waals surface area contributed by atoms with Crippen molar-refractivity contribution in [3.8, 4) is 0 Å². The average molecular weight is 347 g/mol. The van der Waals surface area contributed by atoms with Crippen molar-refractivity contribution in [2.45, 2.75) is 57.0 Å². The lowest BCUT2D eigenvalue weighted by atomic mass is 9.90. The van der Waals surface area contributed by atoms with Crippen LogP contribution in [0.25, 0.3) is 0 Å². The molecule has 2 unspecified atom stereocenters. The maximum atomic E-state index is 12.5. The molecule has 2 saturated heterocycles. The summed E-state index contributed by atoms with van der Waals surface area (Å²) in [6, 6.07) is 3.49. The van der Waals surface area contributed by atoms with Crippen LogP contribution in [0.2, 0.25) is 0 Å². The van der Waals surface area contributed by atoms with E-state index in [1.165, 1.54) is 0 Å². The molecule has 2 fully saturated rings. The van der Waals surface area contributed by atoms with Crippen molar-refractivity contribution in [1.29, 1.82) is 0 Å². The molecule has 0 aliphatic carbocycles. The molecule has 136 valence electrons. The van der Waals surface area contributed by atoms with Crippen LogP contribution in [0.15, 0.2) is 22.8 Å². The summed E-state index contributed by atoms with van der Waals surface area (Å²) in [6.07, 6.45) is 4.97. The van der Waals surface area contributed by atoms with Crippen LogP contribution in [0.4, 0.5) is 0 Å². The van der Waals surface area contributed by atoms with Gasteiger partial charge in [0.2, 0.25) is 17.7 Å². The lowest BCUT2D eigenvalue weighted by molar-refractivity contribution is -0.135. The van der Waals surface area contributed by atoms with E-state index >= 15 is 0 Å². The Morgan fingerprint density at radius 3 is 3.00 bits per heavy atom. The molecule has 2 aliphatic rings. The van der Waals surface area contributed by atoms with Gasteiger partial charge in [-0.1, -0.05) is 0 Å². The predicted octanol–water partition coefficient (Wildman–Crippen LogP) is 0.988. The van der Waals surface area contributed by atoms with Crippen molar-refractivity contribution in [3.63, 3.8) is 0 Å². The molecule has 0 aromatic carbocycles. The van der Waals surface area contributed by atoms with Gasteiger partial charge >= 0.3 is 0 Å². The van der Waals surface area contributed by atoms with Crippen LogP contribution >= 0.6 is 0 Å². The Morgan fingerprint density at radius 1 is 1.48 bits per heavy atom. The molecule has 1 aromatic heterocycles. The van der Waals surface area contributed by atoms with E-state index in [1.807, 2.05) is 6.92 Å². The van der Waals surface area contributed by atoms with Crippen LogP contribution < -0.4 is 10.6 Å². The molecule has 2 atom stereocenters. The molecule has 7 heteroatoms. The van der Waals surface area contributed by atoms with Gasteiger partial charge in [-0.25, -0.2) is 0 Å². The van der Waals surface area contributed by atoms with E-state index in [2.05, 4.69) is 10.6 Å². The van der Waals surface area contributed by atoms with Crippen LogP contribution in [0.1, 0.15) is 44.8 Å². The summed E-state index contributed by atoms with van der Waals surface area (Å²) < 4.78 is 5.24. The van der Waals surface area contributed by atoms with E-state index < -0.39 is 5.54 Å². The highest BCUT2D eigenvalue weighted by Gasteiger charge is 2.35. The Morgan fingerprint density at radius 2 is 2.32 bits per heavy atom. The van der Waals surface area contributed by atoms with E-state index in [0.29, 0.717) is 38.1 Å². The van der Waals surface area contributed by atoms with Gasteiger partial charge in [-0.2, -0.15) is 0 Å². The van der Waals surface area contributed by atoms with Crippen molar-refractivity contribution in [1.82, 2.24) is 15.5 Å². The quantitative estimate of drug-likeness (QED) is 0.831. The fourth-order valence-electron chi connectivity index (χ4n) is 3.67. The molecule has 2 aliphatic heterocycles. The number of piperidine rings is 1. The molecule has 3 amide bonds. The standard InChI is InChI=1S/C18H25N3O4/c1-18(20-16(23)10-13-5-6-15(22)19-13)7-3-8-21(12-18)17(24)11-14-4-2-9-25-14/h2,4,9,13H,3,5-8,10-12H2,1H3,(H,19,22)(H,20,23). The number of nitrogens with one attached hydrogen (secondary N) is 2. The highest BCUT2D eigenvalue weighted by Crippen LogP contribution is 2.22. The van der Waals surface area contributed by atoms with Crippen LogP contribution in [0.5, 0.6) is 0 Å². The highest BCUT2D eigenvalue weighted by molar-refractivity contribution is 5.82. The minimum absolute atomic E-state index is 0.0105. The first-order valence-electron chi connectivity index (χ1n) is 8.84. The Labute approximate surface area is 147 Å². The summed E-state index contributed by atoms with van der Waals surface area (Å²) in [5, 5.41) is 5.88. The first kappa shape index (κ1) is 17.5. The molecule has 0 saturated carbocycles. The van der Waals surface area contributed by atoms with Crippen LogP contribution in [0, 0.1) is 0 Å². The average Bonchev–Trinajstić information content (AvgIpc) is 3.18. The van der Waals surface area contributed by atoms with Gasteiger partial charge < -0.3 is 20.0 Å². The summed E-state index contributed by atoms with van der Waals surface area (Å²) in [7, 11) is 0. The van der Waals surface area contributed by atoms with Gasteiger partial charge in [0.25, 0.3) is 0 Å². The third-order valence-corrected chi connectivity index (χ3v) is 4.91. The van der Waals surface area contributed by atoms with Gasteiger partial charge in [0, 0.05) is 32.0 Å². The van der Waals surface area contributed by atoms with E-state index in [9.17, 15) is 14.4 Å². The Hall–Kier alpha value is -2.31. The van der Waals surface area contributed by atoms with Crippen molar-refractivity contribution < 1.29 is 18.8 Å². The molecule has 2 N–H and O–H groups in total. The SMILES string of the molecule is CC1(NC(=O)CC2CCC(=O)N2)CCCN(C(=O)Cc2ccco2)C1. The lowest BCUT2D eigenvalue weighted by Gasteiger charge is -2.41. The van der Waals surface area contributed by atoms with Gasteiger partial charge in [0.1, 0.15) is 5.76 Å². The zero-order valence-corrected chi connectivity index (χ0v) is 14.5. The second-order valence-corrected chi connectivity index (χ2v) is 7.29. The van der Waals surface area contributed by atoms with Gasteiger partial charge in [0.05, 0.1) is 18.2 Å². The second kappa shape index (κ2) is 7.29. The molecule has 0 bridgehead atoms. The van der Waals surface area contributed by atoms with E-state index in [1.54, 1.807) is 23.3 Å². The predicted molar refractivity (Wildman–Crippen MR) is 90.6 cm³/mol. The summed E-state index contributed by atoms with van der Waals surface area (Å²) >= 11 is 0. The smallest absolute Gasteiger partial charge is 0.230 e. The lowest BCUT2D eigenvalue weighted by Crippen LogP contribution is -2.58. The number of carbonyl (C=O) groups is 3. The normalized spacial score (nSPS) is 26.4. The van der Waals surface area contributed by atoms with Crippen LogP contribution in [-0.2, 0) is 20.8 Å². The summed E-state index contributed by atoms with van der Waals surface area (Å²) in [5.74, 6) is 0.600. The van der Waals surface area contributed by atoms with Gasteiger partial charge in [-0.15, -0.1) is 0 Å². The number of furan rings is 1. The minimum Gasteiger partial charge on any atom is -0.469 e. The summed E-state index contributed by atoms with van der Waals surface area (Å²) in [5.41, 5.74) is -0.434. The zero-order valence-electron chi connectivity index (χ0n) is 14.5. The summed E-state index contributed by atoms with van der Waals surface area (Å²) in [4.78, 5) is 37.8. The van der Waals surface area contributed by atoms with E-state index in [4.69, 9.17) is 4.42 Å². The molecule has 7 nitrogen and oxygen atoms in total. The highest BCUT2D eigenvalue weighted by atomic mass is 16.3. The van der Waals surface area contributed by atoms with Gasteiger partial charge in [-0.05, 0) is 38.3 Å². The third kappa shape index (κ3) is 4.61. The number of hydrogen-bond donors (Lipinski definition) is 2. The number of rotatable bonds is 5. The third-order valence-electron chi connectivity index (χ3n) is 4.91. The Kier molecular flexibility index (Phi) is 5.11. The molecule has 0 radical (unpaired) electrons. The Balaban J connectivity index is 1.52. The minimum atomic E-state index is -0.434. The van der Waals surface area contributed by atoms with Gasteiger partial charge in [0.15, 0.2) is 0 Å². The maximum Gasteiger partial charge on any atom is 0.230 e. The molecule has 25 heavy (non-hydrogen) atoms. The molecule has 1 aromatic rings. The fourth-order valence-corrected chi connectivity index (χ4v) is 3.67. The number of hydrogen-bond acceptors (Lipinski definition) is 4. The van der Waals surface area contributed by atoms with Crippen LogP contribution in [0.3, 0.4) is 0 Å². The second-order valence-electron chi connectivity index (χ2n) is 7.29. The first-order chi connectivity index (χ1) is 11.9. The zero-order chi connectivity index (χ0) is 17.9. The van der Waals surface area contributed by atoms with E-state index in [-0.39, 0.29) is 30.2 Å². The van der Waals surface area contributed by atoms with Crippen molar-refractivity contribution >= 4 is 17.7 Å². The molecular weight excluding hydrogens is 322 g/mol. The number of nitrogens with zero attached hydrogens (tertiary/aromatic N) is 1. The number of likely N-dealkylation sites (tertiary alicyclic amines) is 1. The Bertz CT molecular complexity index is 643. The first-order valence-corrected chi connectivity index (χ1v) is 8.84. The summed E-state index contributed by atoms with van der Waals surface area (Å²) in [6.45, 7) is 3.17. The monoisotopic (exact) mass is 347 g/mol. The van der Waals surface area contributed by atoms with E-state index in [0.717, 1.165) is 12.8 Å². The maximum absolute atomic E-state index is 12.5. The molecular formula is C18H25N3O4. The van der Waals surface area contributed by atoms with Gasteiger partial charge in [-0.3, -0.25) is 14.4 Å². The number of amides is 3. The topological polar surface area (TPSA) is 91.7 Å². The number of carbonyl (C=O) groups excluding carboxylic acids is 3. The van der Waals surface area contributed by atoms with Crippen molar-refractivity contribution in [2.24, 2.45) is 0 Å². The van der Waals surface area contributed by atoms with Crippen molar-refractivity contribution in [2.75, 3.05) is 13.1 Å². The fraction of sp³-hybridized carbons (Fsp3) is 0.611. The molecule has 3 heterocycles. The van der Waals surface area contributed by atoms with Crippen LogP contribution in [-0.4, -0.2) is 47.3 Å². The van der Waals surface area contributed by atoms with Crippen molar-refractivity contribution in [3.05, 3.63) is 24.2 Å². The largest absolute Gasteiger partial charge is 0.469 e. The molecule has 0 spiro atoms. The molecule has 3 rings (SSSR count).